The van der Waals surface area contributed by atoms with Crippen molar-refractivity contribution in [3.8, 4) is 5.75 Å². The highest BCUT2D eigenvalue weighted by atomic mass is 16.5. The highest BCUT2D eigenvalue weighted by molar-refractivity contribution is 6.02. The summed E-state index contributed by atoms with van der Waals surface area (Å²) in [6, 6.07) is 11.7. The van der Waals surface area contributed by atoms with E-state index in [1.165, 1.54) is 6.26 Å². The Morgan fingerprint density at radius 1 is 0.917 bits per heavy atom. The minimum absolute atomic E-state index is 0.279. The second kappa shape index (κ2) is 6.45. The quantitative estimate of drug-likeness (QED) is 0.748. The number of carboxylic acids is 2. The lowest BCUT2D eigenvalue weighted by molar-refractivity contribution is 0.0686. The molecule has 0 unspecified atom stereocenters. The predicted molar refractivity (Wildman–Crippen MR) is 85.8 cm³/mol. The average Bonchev–Trinajstić information content (AvgIpc) is 3.23. The summed E-state index contributed by atoms with van der Waals surface area (Å²) >= 11 is 0. The molecule has 0 bridgehead atoms. The van der Waals surface area contributed by atoms with Gasteiger partial charge in [-0.2, -0.15) is 0 Å². The number of rotatable bonds is 2. The van der Waals surface area contributed by atoms with E-state index in [4.69, 9.17) is 19.4 Å². The molecule has 0 atom stereocenters. The van der Waals surface area contributed by atoms with E-state index in [0.29, 0.717) is 29.6 Å². The number of aromatic carboxylic acids is 2. The molecule has 1 aromatic heterocycles. The number of fused-ring (bicyclic) bond motifs is 2. The summed E-state index contributed by atoms with van der Waals surface area (Å²) in [6.07, 6.45) is 2.19. The molecule has 6 nitrogen and oxygen atoms in total. The molecule has 0 spiro atoms. The highest BCUT2D eigenvalue weighted by Crippen LogP contribution is 2.27. The van der Waals surface area contributed by atoms with Gasteiger partial charge in [0.2, 0.25) is 0 Å². The fourth-order valence-electron chi connectivity index (χ4n) is 2.60. The number of hydrogen-bond acceptors (Lipinski definition) is 4. The number of carboxylic acid groups (broad SMARTS) is 2. The molecule has 24 heavy (non-hydrogen) atoms. The first kappa shape index (κ1) is 15.6. The van der Waals surface area contributed by atoms with Gasteiger partial charge in [0.1, 0.15) is 11.3 Å². The van der Waals surface area contributed by atoms with Crippen molar-refractivity contribution in [3.63, 3.8) is 0 Å². The Morgan fingerprint density at radius 3 is 2.38 bits per heavy atom. The van der Waals surface area contributed by atoms with Crippen molar-refractivity contribution in [2.75, 3.05) is 6.61 Å². The Morgan fingerprint density at radius 2 is 1.62 bits per heavy atom. The maximum Gasteiger partial charge on any atom is 0.336 e. The number of hydrogen-bond donors (Lipinski definition) is 2. The van der Waals surface area contributed by atoms with E-state index in [2.05, 4.69) is 0 Å². The molecule has 2 aromatic carbocycles. The maximum absolute atomic E-state index is 10.7. The predicted octanol–water partition coefficient (Wildman–Crippen LogP) is 3.45. The minimum Gasteiger partial charge on any atom is -0.493 e. The summed E-state index contributed by atoms with van der Waals surface area (Å²) in [5.41, 5.74) is 2.08. The molecule has 0 fully saturated rings. The molecule has 2 heterocycles. The average molecular weight is 326 g/mol. The number of furan rings is 1. The summed E-state index contributed by atoms with van der Waals surface area (Å²) in [5, 5.41) is 18.2. The Kier molecular flexibility index (Phi) is 4.20. The van der Waals surface area contributed by atoms with Crippen molar-refractivity contribution in [3.05, 3.63) is 65.4 Å². The lowest BCUT2D eigenvalue weighted by atomic mass is 10.1. The zero-order valence-corrected chi connectivity index (χ0v) is 12.6. The second-order valence-electron chi connectivity index (χ2n) is 5.13. The van der Waals surface area contributed by atoms with Gasteiger partial charge in [-0.1, -0.05) is 12.1 Å². The van der Waals surface area contributed by atoms with Crippen LogP contribution in [0.25, 0.3) is 11.0 Å². The van der Waals surface area contributed by atoms with Crippen LogP contribution in [0.1, 0.15) is 26.3 Å². The van der Waals surface area contributed by atoms with Crippen LogP contribution in [0.2, 0.25) is 0 Å². The van der Waals surface area contributed by atoms with E-state index in [1.54, 1.807) is 42.5 Å². The van der Waals surface area contributed by atoms with E-state index in [1.807, 2.05) is 0 Å². The second-order valence-corrected chi connectivity index (χ2v) is 5.13. The molecular weight excluding hydrogens is 312 g/mol. The summed E-state index contributed by atoms with van der Waals surface area (Å²) in [5.74, 6) is -1.09. The van der Waals surface area contributed by atoms with Gasteiger partial charge in [0.05, 0.1) is 24.0 Å². The third-order valence-corrected chi connectivity index (χ3v) is 3.70. The van der Waals surface area contributed by atoms with Crippen molar-refractivity contribution < 1.29 is 29.0 Å². The zero-order chi connectivity index (χ0) is 17.1. The Bertz CT molecular complexity index is 909. The van der Waals surface area contributed by atoms with E-state index >= 15 is 0 Å². The molecule has 0 aliphatic carbocycles. The molecule has 3 aromatic rings. The summed E-state index contributed by atoms with van der Waals surface area (Å²) in [4.78, 5) is 21.4. The molecule has 2 N–H and O–H groups in total. The van der Waals surface area contributed by atoms with Gasteiger partial charge in [-0.15, -0.1) is 0 Å². The van der Waals surface area contributed by atoms with Crippen LogP contribution in [0.15, 0.2) is 53.1 Å². The smallest absolute Gasteiger partial charge is 0.336 e. The Hall–Kier alpha value is -3.28. The number of benzene rings is 2. The summed E-state index contributed by atoms with van der Waals surface area (Å²) in [7, 11) is 0. The molecule has 1 aliphatic heterocycles. The van der Waals surface area contributed by atoms with E-state index in [0.717, 1.165) is 11.3 Å². The first-order valence-corrected chi connectivity index (χ1v) is 7.25. The third-order valence-electron chi connectivity index (χ3n) is 3.70. The van der Waals surface area contributed by atoms with Crippen LogP contribution in [0.3, 0.4) is 0 Å². The van der Waals surface area contributed by atoms with Gasteiger partial charge >= 0.3 is 11.9 Å². The molecule has 6 heteroatoms. The monoisotopic (exact) mass is 326 g/mol. The maximum atomic E-state index is 10.7. The molecule has 0 saturated heterocycles. The third kappa shape index (κ3) is 2.94. The Balaban J connectivity index is 0.000000141. The summed E-state index contributed by atoms with van der Waals surface area (Å²) in [6.45, 7) is 0.597. The van der Waals surface area contributed by atoms with Gasteiger partial charge < -0.3 is 19.4 Å². The van der Waals surface area contributed by atoms with Crippen molar-refractivity contribution in [2.24, 2.45) is 0 Å². The lowest BCUT2D eigenvalue weighted by Crippen LogP contribution is -1.99. The van der Waals surface area contributed by atoms with Gasteiger partial charge in [-0.3, -0.25) is 0 Å². The van der Waals surface area contributed by atoms with Crippen molar-refractivity contribution in [1.82, 2.24) is 0 Å². The van der Waals surface area contributed by atoms with Crippen LogP contribution < -0.4 is 4.74 Å². The zero-order valence-electron chi connectivity index (χ0n) is 12.6. The topological polar surface area (TPSA) is 97.0 Å². The van der Waals surface area contributed by atoms with E-state index < -0.39 is 11.9 Å². The largest absolute Gasteiger partial charge is 0.493 e. The van der Waals surface area contributed by atoms with Crippen LogP contribution in [0, 0.1) is 0 Å². The molecule has 0 saturated carbocycles. The van der Waals surface area contributed by atoms with E-state index in [9.17, 15) is 9.59 Å². The molecular formula is C18H14O6. The van der Waals surface area contributed by atoms with Crippen molar-refractivity contribution >= 4 is 22.9 Å². The van der Waals surface area contributed by atoms with Gasteiger partial charge in [-0.25, -0.2) is 9.59 Å². The Labute approximate surface area is 136 Å². The summed E-state index contributed by atoms with van der Waals surface area (Å²) < 4.78 is 10.3. The fourth-order valence-corrected chi connectivity index (χ4v) is 2.60. The van der Waals surface area contributed by atoms with Crippen LogP contribution in [-0.2, 0) is 6.42 Å². The first-order valence-electron chi connectivity index (χ1n) is 7.25. The SMILES string of the molecule is O=C(O)c1cccc2c1CCO2.O=C(O)c1cccc2occc12. The van der Waals surface area contributed by atoms with Crippen molar-refractivity contribution in [1.29, 1.82) is 0 Å². The van der Waals surface area contributed by atoms with Gasteiger partial charge in [-0.05, 0) is 30.3 Å². The number of carbonyl (C=O) groups is 2. The first-order chi connectivity index (χ1) is 11.6. The van der Waals surface area contributed by atoms with Crippen LogP contribution in [0.5, 0.6) is 5.75 Å². The molecule has 4 rings (SSSR count). The van der Waals surface area contributed by atoms with Crippen molar-refractivity contribution in [2.45, 2.75) is 6.42 Å². The molecule has 0 radical (unpaired) electrons. The van der Waals surface area contributed by atoms with Gasteiger partial charge in [0.15, 0.2) is 0 Å². The highest BCUT2D eigenvalue weighted by Gasteiger charge is 2.18. The standard InChI is InChI=1S/C9H8O3.C9H6O3/c2*10-9(11)7-2-1-3-8-6(7)4-5-12-8/h1-3H,4-5H2,(H,10,11);1-5H,(H,10,11). The van der Waals surface area contributed by atoms with Gasteiger partial charge in [0, 0.05) is 17.4 Å². The van der Waals surface area contributed by atoms with Crippen LogP contribution in [0.4, 0.5) is 0 Å². The molecule has 122 valence electrons. The molecule has 0 amide bonds. The fraction of sp³-hybridized carbons (Fsp3) is 0.111. The number of ether oxygens (including phenoxy) is 1. The molecule has 1 aliphatic rings. The van der Waals surface area contributed by atoms with Crippen LogP contribution >= 0.6 is 0 Å². The van der Waals surface area contributed by atoms with E-state index in [-0.39, 0.29) is 5.56 Å². The normalized spacial score (nSPS) is 12.0. The minimum atomic E-state index is -0.929. The van der Waals surface area contributed by atoms with Gasteiger partial charge in [0.25, 0.3) is 0 Å². The van der Waals surface area contributed by atoms with Crippen LogP contribution in [-0.4, -0.2) is 28.8 Å². The lowest BCUT2D eigenvalue weighted by Gasteiger charge is -2.00.